The fourth-order valence-corrected chi connectivity index (χ4v) is 3.10. The maximum atomic E-state index is 10.6. The summed E-state index contributed by atoms with van der Waals surface area (Å²) in [5.41, 5.74) is 1.91. The molecule has 1 aromatic rings. The lowest BCUT2D eigenvalue weighted by Gasteiger charge is -2.13. The van der Waals surface area contributed by atoms with E-state index in [9.17, 15) is 4.79 Å². The highest BCUT2D eigenvalue weighted by atomic mass is 16.5. The summed E-state index contributed by atoms with van der Waals surface area (Å²) < 4.78 is 4.89. The number of methoxy groups -OCH3 is 1. The summed E-state index contributed by atoms with van der Waals surface area (Å²) in [5, 5.41) is 26.1. The fourth-order valence-electron chi connectivity index (χ4n) is 3.10. The standard InChI is InChI=1S/C18H32O2.C8H10O3.C2H6/c1-6-14(2)12-16(4)9-7-8-15(3)10-11-17(5)13-18(19)20;1-11-7-4-2-6(3-5-7)8(9)10;1-2/h6-7,9,15-17H,8,10-13H2,1-5H3,(H,19,20);2-5,8-10H,1H3;1-2H3/b9-7+,14-6+;;/t15-,16+,17-;;/m1../s1. The average molecular weight is 465 g/mol. The molecule has 0 bridgehead atoms. The third-order valence-electron chi connectivity index (χ3n) is 5.23. The maximum absolute atomic E-state index is 10.6. The molecule has 0 amide bonds. The van der Waals surface area contributed by atoms with E-state index >= 15 is 0 Å². The van der Waals surface area contributed by atoms with Crippen molar-refractivity contribution in [2.45, 2.75) is 86.9 Å². The number of hydrogen-bond donors (Lipinski definition) is 3. The van der Waals surface area contributed by atoms with Crippen LogP contribution >= 0.6 is 0 Å². The normalized spacial score (nSPS) is 14.0. The van der Waals surface area contributed by atoms with Crippen molar-refractivity contribution in [1.82, 2.24) is 0 Å². The van der Waals surface area contributed by atoms with Gasteiger partial charge < -0.3 is 20.1 Å². The van der Waals surface area contributed by atoms with Crippen LogP contribution in [0.25, 0.3) is 0 Å². The number of carboxylic acid groups (broad SMARTS) is 1. The first-order valence-electron chi connectivity index (χ1n) is 12.1. The summed E-state index contributed by atoms with van der Waals surface area (Å²) in [6.45, 7) is 14.8. The van der Waals surface area contributed by atoms with E-state index in [4.69, 9.17) is 20.1 Å². The van der Waals surface area contributed by atoms with Crippen molar-refractivity contribution in [3.05, 3.63) is 53.6 Å². The molecule has 0 aliphatic heterocycles. The molecule has 0 heterocycles. The highest BCUT2D eigenvalue weighted by Crippen LogP contribution is 2.19. The summed E-state index contributed by atoms with van der Waals surface area (Å²) >= 11 is 0. The SMILES string of the molecule is C/C=C(\C)C[C@@H](C)/C=C/C[C@@H](C)CC[C@@H](C)CC(=O)O.CC.COc1ccc(C(O)O)cc1. The van der Waals surface area contributed by atoms with Gasteiger partial charge in [0.2, 0.25) is 0 Å². The number of carboxylic acids is 1. The Balaban J connectivity index is 0. The molecule has 0 aliphatic carbocycles. The quantitative estimate of drug-likeness (QED) is 0.226. The first kappa shape index (κ1) is 33.1. The first-order chi connectivity index (χ1) is 15.6. The van der Waals surface area contributed by atoms with Crippen LogP contribution < -0.4 is 4.74 Å². The van der Waals surface area contributed by atoms with Crippen LogP contribution in [0.1, 0.15) is 92.4 Å². The van der Waals surface area contributed by atoms with Gasteiger partial charge in [-0.05, 0) is 63.0 Å². The predicted octanol–water partition coefficient (Wildman–Crippen LogP) is 7.16. The van der Waals surface area contributed by atoms with Crippen LogP contribution in [-0.2, 0) is 4.79 Å². The molecule has 5 heteroatoms. The molecule has 1 rings (SSSR count). The minimum Gasteiger partial charge on any atom is -0.497 e. The van der Waals surface area contributed by atoms with Gasteiger partial charge in [-0.15, -0.1) is 0 Å². The number of aliphatic hydroxyl groups is 2. The first-order valence-corrected chi connectivity index (χ1v) is 12.1. The molecule has 0 spiro atoms. The molecule has 0 fully saturated rings. The Morgan fingerprint density at radius 1 is 1.00 bits per heavy atom. The Kier molecular flexibility index (Phi) is 20.5. The van der Waals surface area contributed by atoms with E-state index in [1.165, 1.54) is 5.57 Å². The molecular formula is C28H48O5. The third kappa shape index (κ3) is 19.1. The third-order valence-corrected chi connectivity index (χ3v) is 5.23. The van der Waals surface area contributed by atoms with E-state index in [0.717, 1.165) is 25.7 Å². The number of rotatable bonds is 12. The van der Waals surface area contributed by atoms with Crippen molar-refractivity contribution < 1.29 is 24.9 Å². The Morgan fingerprint density at radius 3 is 2.00 bits per heavy atom. The largest absolute Gasteiger partial charge is 0.497 e. The van der Waals surface area contributed by atoms with Crippen molar-refractivity contribution in [2.24, 2.45) is 17.8 Å². The van der Waals surface area contributed by atoms with Crippen molar-refractivity contribution in [1.29, 1.82) is 0 Å². The molecule has 0 saturated heterocycles. The summed E-state index contributed by atoms with van der Waals surface area (Å²) in [5.74, 6) is 1.55. The molecule has 0 saturated carbocycles. The molecule has 0 aliphatic rings. The van der Waals surface area contributed by atoms with Gasteiger partial charge in [0.1, 0.15) is 5.75 Å². The second-order valence-electron chi connectivity index (χ2n) is 8.51. The van der Waals surface area contributed by atoms with E-state index in [-0.39, 0.29) is 5.92 Å². The van der Waals surface area contributed by atoms with Crippen LogP contribution in [0.3, 0.4) is 0 Å². The highest BCUT2D eigenvalue weighted by molar-refractivity contribution is 5.66. The molecule has 0 aromatic heterocycles. The molecule has 190 valence electrons. The fraction of sp³-hybridized carbons (Fsp3) is 0.607. The number of aliphatic hydroxyl groups excluding tert-OH is 1. The van der Waals surface area contributed by atoms with Gasteiger partial charge in [-0.3, -0.25) is 4.79 Å². The Bertz CT molecular complexity index is 661. The monoisotopic (exact) mass is 464 g/mol. The second kappa shape index (κ2) is 20.5. The lowest BCUT2D eigenvalue weighted by atomic mass is 9.93. The summed E-state index contributed by atoms with van der Waals surface area (Å²) in [4.78, 5) is 10.6. The summed E-state index contributed by atoms with van der Waals surface area (Å²) in [7, 11) is 1.56. The molecule has 3 N–H and O–H groups in total. The van der Waals surface area contributed by atoms with Crippen molar-refractivity contribution in [3.63, 3.8) is 0 Å². The Morgan fingerprint density at radius 2 is 1.55 bits per heavy atom. The molecule has 33 heavy (non-hydrogen) atoms. The molecule has 0 unspecified atom stereocenters. The zero-order valence-electron chi connectivity index (χ0n) is 22.0. The van der Waals surface area contributed by atoms with E-state index < -0.39 is 12.3 Å². The number of allylic oxidation sites excluding steroid dienone is 4. The van der Waals surface area contributed by atoms with E-state index in [1.54, 1.807) is 31.4 Å². The summed E-state index contributed by atoms with van der Waals surface area (Å²) in [6.07, 6.45) is 10.0. The average Bonchev–Trinajstić information content (AvgIpc) is 2.79. The number of carbonyl (C=O) groups is 1. The maximum Gasteiger partial charge on any atom is 0.303 e. The number of hydrogen-bond acceptors (Lipinski definition) is 4. The second-order valence-corrected chi connectivity index (χ2v) is 8.51. The minimum absolute atomic E-state index is 0.287. The highest BCUT2D eigenvalue weighted by Gasteiger charge is 2.09. The van der Waals surface area contributed by atoms with Crippen molar-refractivity contribution in [3.8, 4) is 5.75 Å². The van der Waals surface area contributed by atoms with E-state index in [1.807, 2.05) is 20.8 Å². The molecule has 3 atom stereocenters. The topological polar surface area (TPSA) is 87.0 Å². The zero-order chi connectivity index (χ0) is 25.8. The smallest absolute Gasteiger partial charge is 0.303 e. The lowest BCUT2D eigenvalue weighted by molar-refractivity contribution is -0.138. The van der Waals surface area contributed by atoms with E-state index in [0.29, 0.717) is 29.6 Å². The van der Waals surface area contributed by atoms with Gasteiger partial charge in [-0.2, -0.15) is 0 Å². The Labute approximate surface area is 202 Å². The molecular weight excluding hydrogens is 416 g/mol. The van der Waals surface area contributed by atoms with Gasteiger partial charge in [-0.25, -0.2) is 0 Å². The Hall–Kier alpha value is -2.11. The predicted molar refractivity (Wildman–Crippen MR) is 138 cm³/mol. The van der Waals surface area contributed by atoms with Gasteiger partial charge >= 0.3 is 5.97 Å². The lowest BCUT2D eigenvalue weighted by Crippen LogP contribution is -2.06. The molecule has 5 nitrogen and oxygen atoms in total. The van der Waals surface area contributed by atoms with Crippen molar-refractivity contribution in [2.75, 3.05) is 7.11 Å². The van der Waals surface area contributed by atoms with Crippen LogP contribution in [0.5, 0.6) is 5.75 Å². The van der Waals surface area contributed by atoms with Gasteiger partial charge in [-0.1, -0.05) is 77.0 Å². The number of aliphatic carboxylic acids is 1. The summed E-state index contributed by atoms with van der Waals surface area (Å²) in [6, 6.07) is 6.55. The van der Waals surface area contributed by atoms with Crippen LogP contribution in [0, 0.1) is 17.8 Å². The van der Waals surface area contributed by atoms with Gasteiger partial charge in [0.15, 0.2) is 6.29 Å². The number of benzene rings is 1. The number of ether oxygens (including phenoxy) is 1. The zero-order valence-corrected chi connectivity index (χ0v) is 22.0. The van der Waals surface area contributed by atoms with Crippen LogP contribution in [-0.4, -0.2) is 28.4 Å². The van der Waals surface area contributed by atoms with Crippen LogP contribution in [0.15, 0.2) is 48.1 Å². The molecule has 1 aromatic carbocycles. The van der Waals surface area contributed by atoms with Gasteiger partial charge in [0, 0.05) is 12.0 Å². The van der Waals surface area contributed by atoms with E-state index in [2.05, 4.69) is 45.9 Å². The van der Waals surface area contributed by atoms with Gasteiger partial charge in [0.25, 0.3) is 0 Å². The van der Waals surface area contributed by atoms with Crippen LogP contribution in [0.4, 0.5) is 0 Å². The minimum atomic E-state index is -1.40. The molecule has 0 radical (unpaired) electrons. The van der Waals surface area contributed by atoms with Crippen LogP contribution in [0.2, 0.25) is 0 Å². The van der Waals surface area contributed by atoms with Gasteiger partial charge in [0.05, 0.1) is 7.11 Å². The van der Waals surface area contributed by atoms with Crippen molar-refractivity contribution >= 4 is 5.97 Å².